The van der Waals surface area contributed by atoms with Crippen molar-refractivity contribution in [3.63, 3.8) is 0 Å². The molecule has 2 aliphatic rings. The molecule has 4 nitrogen and oxygen atoms in total. The van der Waals surface area contributed by atoms with Crippen molar-refractivity contribution in [1.82, 2.24) is 5.32 Å². The molecule has 0 bridgehead atoms. The summed E-state index contributed by atoms with van der Waals surface area (Å²) in [6, 6.07) is 26.5. The number of hydrogen-bond acceptors (Lipinski definition) is 4. The van der Waals surface area contributed by atoms with Crippen LogP contribution in [0.3, 0.4) is 0 Å². The fourth-order valence-electron chi connectivity index (χ4n) is 4.62. The van der Waals surface area contributed by atoms with Gasteiger partial charge in [-0.15, -0.1) is 0 Å². The molecular formula is C30H27Br2N3OS. The first-order chi connectivity index (χ1) is 18.0. The monoisotopic (exact) mass is 635 g/mol. The van der Waals surface area contributed by atoms with Crippen LogP contribution in [0.1, 0.15) is 36.4 Å². The van der Waals surface area contributed by atoms with Gasteiger partial charge in [-0.1, -0.05) is 86.1 Å². The van der Waals surface area contributed by atoms with Crippen LogP contribution in [0.2, 0.25) is 0 Å². The molecule has 1 amide bonds. The molecule has 3 aromatic carbocycles. The molecule has 7 heteroatoms. The van der Waals surface area contributed by atoms with Gasteiger partial charge < -0.3 is 10.2 Å². The number of amidine groups is 1. The van der Waals surface area contributed by atoms with Gasteiger partial charge in [0.15, 0.2) is 5.17 Å². The largest absolute Gasteiger partial charge is 0.335 e. The van der Waals surface area contributed by atoms with Crippen molar-refractivity contribution in [2.45, 2.75) is 25.3 Å². The zero-order chi connectivity index (χ0) is 25.8. The summed E-state index contributed by atoms with van der Waals surface area (Å²) in [7, 11) is 1.82. The zero-order valence-corrected chi connectivity index (χ0v) is 24.4. The SMILES string of the molecule is CN(C(=O)CSC1=N[C@@H](c2ccc(Br)cc2)C2=C(N1)/C(=C/c1ccc(Br)cc1)CCC2)c1ccccc1. The van der Waals surface area contributed by atoms with Crippen molar-refractivity contribution in [2.75, 3.05) is 17.7 Å². The van der Waals surface area contributed by atoms with E-state index in [-0.39, 0.29) is 11.9 Å². The second kappa shape index (κ2) is 11.8. The summed E-state index contributed by atoms with van der Waals surface area (Å²) in [5.41, 5.74) is 6.97. The maximum atomic E-state index is 13.0. The summed E-state index contributed by atoms with van der Waals surface area (Å²) in [5, 5.41) is 4.40. The maximum absolute atomic E-state index is 13.0. The highest BCUT2D eigenvalue weighted by molar-refractivity contribution is 9.10. The smallest absolute Gasteiger partial charge is 0.237 e. The number of nitrogens with one attached hydrogen (secondary N) is 1. The normalized spacial score (nSPS) is 18.2. The number of hydrogen-bond donors (Lipinski definition) is 1. The molecule has 1 aliphatic carbocycles. The number of amides is 1. The van der Waals surface area contributed by atoms with Crippen molar-refractivity contribution < 1.29 is 4.79 Å². The van der Waals surface area contributed by atoms with E-state index in [1.165, 1.54) is 28.5 Å². The maximum Gasteiger partial charge on any atom is 0.237 e. The Morgan fingerprint density at radius 1 is 1.00 bits per heavy atom. The Kier molecular flexibility index (Phi) is 8.33. The van der Waals surface area contributed by atoms with Crippen molar-refractivity contribution in [3.8, 4) is 0 Å². The molecule has 3 aromatic rings. The average molecular weight is 637 g/mol. The molecule has 0 spiro atoms. The Labute approximate surface area is 239 Å². The number of carbonyl (C=O) groups excluding carboxylic acids is 1. The number of carbonyl (C=O) groups is 1. The molecule has 5 rings (SSSR count). The molecule has 0 unspecified atom stereocenters. The Morgan fingerprint density at radius 3 is 2.38 bits per heavy atom. The van der Waals surface area contributed by atoms with Gasteiger partial charge in [0.05, 0.1) is 5.75 Å². The number of halogens is 2. The first-order valence-electron chi connectivity index (χ1n) is 12.2. The quantitative estimate of drug-likeness (QED) is 0.308. The molecule has 1 aliphatic heterocycles. The standard InChI is InChI=1S/C30H27Br2N3OS/c1-35(25-7-3-2-4-8-25)27(36)19-37-30-33-28(21-12-16-24(32)17-13-21)26-9-5-6-22(29(26)34-30)18-20-10-14-23(31)15-11-20/h2-4,7-8,10-18,28H,5-6,9,19H2,1H3,(H,33,34)/b22-18+/t28-/m0/s1. The van der Waals surface area contributed by atoms with Gasteiger partial charge in [-0.25, -0.2) is 4.99 Å². The van der Waals surface area contributed by atoms with E-state index in [0.29, 0.717) is 5.75 Å². The van der Waals surface area contributed by atoms with Gasteiger partial charge >= 0.3 is 0 Å². The van der Waals surface area contributed by atoms with E-state index in [1.807, 2.05) is 37.4 Å². The van der Waals surface area contributed by atoms with Gasteiger partial charge in [0.25, 0.3) is 0 Å². The van der Waals surface area contributed by atoms with E-state index >= 15 is 0 Å². The Bertz CT molecular complexity index is 1370. The molecular weight excluding hydrogens is 610 g/mol. The average Bonchev–Trinajstić information content (AvgIpc) is 2.93. The van der Waals surface area contributed by atoms with Crippen LogP contribution in [0, 0.1) is 0 Å². The summed E-state index contributed by atoms with van der Waals surface area (Å²) < 4.78 is 2.12. The Hall–Kier alpha value is -2.61. The lowest BCUT2D eigenvalue weighted by atomic mass is 9.84. The topological polar surface area (TPSA) is 44.7 Å². The Balaban J connectivity index is 1.43. The third kappa shape index (κ3) is 6.28. The van der Waals surface area contributed by atoms with E-state index in [1.54, 1.807) is 4.90 Å². The number of allylic oxidation sites excluding steroid dienone is 1. The lowest BCUT2D eigenvalue weighted by molar-refractivity contribution is -0.115. The molecule has 0 radical (unpaired) electrons. The van der Waals surface area contributed by atoms with Gasteiger partial charge in [-0.3, -0.25) is 4.79 Å². The van der Waals surface area contributed by atoms with Crippen LogP contribution < -0.4 is 10.2 Å². The number of thioether (sulfide) groups is 1. The summed E-state index contributed by atoms with van der Waals surface area (Å²) in [5.74, 6) is 0.341. The van der Waals surface area contributed by atoms with Gasteiger partial charge in [0.2, 0.25) is 5.91 Å². The number of nitrogens with zero attached hydrogens (tertiary/aromatic N) is 2. The highest BCUT2D eigenvalue weighted by Crippen LogP contribution is 2.42. The zero-order valence-electron chi connectivity index (χ0n) is 20.5. The van der Waals surface area contributed by atoms with E-state index in [9.17, 15) is 4.79 Å². The third-order valence-corrected chi connectivity index (χ3v) is 8.52. The number of benzene rings is 3. The van der Waals surface area contributed by atoms with E-state index in [0.717, 1.165) is 50.3 Å². The van der Waals surface area contributed by atoms with Crippen LogP contribution in [-0.2, 0) is 4.79 Å². The van der Waals surface area contributed by atoms with Crippen LogP contribution in [0.4, 0.5) is 5.69 Å². The predicted octanol–water partition coefficient (Wildman–Crippen LogP) is 8.13. The summed E-state index contributed by atoms with van der Waals surface area (Å²) in [4.78, 5) is 19.8. The molecule has 0 saturated carbocycles. The minimum atomic E-state index is -0.0672. The fourth-order valence-corrected chi connectivity index (χ4v) is 5.95. The highest BCUT2D eigenvalue weighted by atomic mass is 79.9. The van der Waals surface area contributed by atoms with Crippen LogP contribution in [-0.4, -0.2) is 23.9 Å². The van der Waals surface area contributed by atoms with E-state index < -0.39 is 0 Å². The number of anilines is 1. The van der Waals surface area contributed by atoms with Crippen molar-refractivity contribution in [1.29, 1.82) is 0 Å². The summed E-state index contributed by atoms with van der Waals surface area (Å²) in [6.07, 6.45) is 5.36. The number of para-hydroxylation sites is 1. The highest BCUT2D eigenvalue weighted by Gasteiger charge is 2.30. The fraction of sp³-hybridized carbons (Fsp3) is 0.200. The first kappa shape index (κ1) is 26.0. The lowest BCUT2D eigenvalue weighted by Gasteiger charge is -2.33. The molecule has 188 valence electrons. The Morgan fingerprint density at radius 2 is 1.68 bits per heavy atom. The minimum absolute atomic E-state index is 0.0370. The van der Waals surface area contributed by atoms with Crippen molar-refractivity contribution >= 4 is 66.5 Å². The van der Waals surface area contributed by atoms with Crippen LogP contribution in [0.25, 0.3) is 6.08 Å². The second-order valence-corrected chi connectivity index (χ2v) is 11.9. The van der Waals surface area contributed by atoms with Crippen molar-refractivity contribution in [3.05, 3.63) is 116 Å². The number of rotatable bonds is 5. The molecule has 1 heterocycles. The van der Waals surface area contributed by atoms with Gasteiger partial charge in [0.1, 0.15) is 6.04 Å². The predicted molar refractivity (Wildman–Crippen MR) is 163 cm³/mol. The second-order valence-electron chi connectivity index (χ2n) is 9.07. The summed E-state index contributed by atoms with van der Waals surface area (Å²) >= 11 is 8.55. The van der Waals surface area contributed by atoms with Crippen LogP contribution in [0.5, 0.6) is 0 Å². The van der Waals surface area contributed by atoms with Gasteiger partial charge in [-0.05, 0) is 84.0 Å². The van der Waals surface area contributed by atoms with Gasteiger partial charge in [-0.2, -0.15) is 0 Å². The third-order valence-electron chi connectivity index (χ3n) is 6.59. The number of aliphatic imine (C=N–C) groups is 1. The van der Waals surface area contributed by atoms with Gasteiger partial charge in [0, 0.05) is 27.4 Å². The first-order valence-corrected chi connectivity index (χ1v) is 14.8. The minimum Gasteiger partial charge on any atom is -0.335 e. The van der Waals surface area contributed by atoms with Crippen molar-refractivity contribution in [2.24, 2.45) is 4.99 Å². The molecule has 37 heavy (non-hydrogen) atoms. The lowest BCUT2D eigenvalue weighted by Crippen LogP contribution is -2.33. The molecule has 0 fully saturated rings. The van der Waals surface area contributed by atoms with E-state index in [4.69, 9.17) is 4.99 Å². The van der Waals surface area contributed by atoms with Crippen LogP contribution >= 0.6 is 43.6 Å². The summed E-state index contributed by atoms with van der Waals surface area (Å²) in [6.45, 7) is 0. The molecule has 0 saturated heterocycles. The molecule has 1 N–H and O–H groups in total. The van der Waals surface area contributed by atoms with E-state index in [2.05, 4.69) is 91.8 Å². The molecule has 0 aromatic heterocycles. The van der Waals surface area contributed by atoms with Crippen LogP contribution in [0.15, 0.2) is 110 Å². The molecule has 1 atom stereocenters.